The lowest BCUT2D eigenvalue weighted by Crippen LogP contribution is -2.53. The molecule has 1 unspecified atom stereocenters. The minimum Gasteiger partial charge on any atom is -0.369 e. The second kappa shape index (κ2) is 5.79. The van der Waals surface area contributed by atoms with Crippen LogP contribution in [0.25, 0.3) is 0 Å². The highest BCUT2D eigenvalue weighted by Crippen LogP contribution is 2.32. The molecule has 3 rings (SSSR count). The number of amides is 1. The van der Waals surface area contributed by atoms with E-state index in [1.54, 1.807) is 6.07 Å². The van der Waals surface area contributed by atoms with Gasteiger partial charge in [-0.2, -0.15) is 13.2 Å². The summed E-state index contributed by atoms with van der Waals surface area (Å²) < 4.78 is 38.3. The Kier molecular flexibility index (Phi) is 3.99. The Morgan fingerprint density at radius 3 is 2.45 bits per heavy atom. The van der Waals surface area contributed by atoms with Crippen molar-refractivity contribution in [2.45, 2.75) is 25.2 Å². The maximum atomic E-state index is 12.8. The number of anilines is 1. The van der Waals surface area contributed by atoms with Crippen molar-refractivity contribution in [1.82, 2.24) is 10.2 Å². The molecule has 2 heterocycles. The average molecular weight is 313 g/mol. The standard InChI is InChI=1S/C15H18F3N3O/c16-15(17,18)11-2-1-3-12(10-11)20-6-8-21(9-7-20)13-4-5-14(22)19-13/h1-3,10,13H,4-9H2,(H,19,22). The number of rotatable bonds is 2. The highest BCUT2D eigenvalue weighted by atomic mass is 19.4. The molecule has 1 amide bonds. The fourth-order valence-corrected chi connectivity index (χ4v) is 3.04. The van der Waals surface area contributed by atoms with E-state index < -0.39 is 11.7 Å². The van der Waals surface area contributed by atoms with E-state index in [1.165, 1.54) is 12.1 Å². The van der Waals surface area contributed by atoms with Gasteiger partial charge in [0.1, 0.15) is 0 Å². The highest BCUT2D eigenvalue weighted by molar-refractivity contribution is 5.78. The van der Waals surface area contributed by atoms with Gasteiger partial charge in [0.15, 0.2) is 0 Å². The molecule has 0 aromatic heterocycles. The zero-order valence-corrected chi connectivity index (χ0v) is 12.1. The second-order valence-corrected chi connectivity index (χ2v) is 5.69. The van der Waals surface area contributed by atoms with Gasteiger partial charge in [0, 0.05) is 38.3 Å². The molecule has 0 spiro atoms. The molecule has 0 bridgehead atoms. The first-order valence-electron chi connectivity index (χ1n) is 7.39. The van der Waals surface area contributed by atoms with Gasteiger partial charge in [-0.3, -0.25) is 9.69 Å². The molecule has 2 fully saturated rings. The average Bonchev–Trinajstić information content (AvgIpc) is 2.93. The Morgan fingerprint density at radius 1 is 1.14 bits per heavy atom. The van der Waals surface area contributed by atoms with E-state index >= 15 is 0 Å². The van der Waals surface area contributed by atoms with Crippen molar-refractivity contribution in [2.75, 3.05) is 31.1 Å². The van der Waals surface area contributed by atoms with Crippen molar-refractivity contribution in [3.63, 3.8) is 0 Å². The summed E-state index contributed by atoms with van der Waals surface area (Å²) in [7, 11) is 0. The van der Waals surface area contributed by atoms with Crippen LogP contribution in [-0.2, 0) is 11.0 Å². The zero-order valence-electron chi connectivity index (χ0n) is 12.1. The van der Waals surface area contributed by atoms with Gasteiger partial charge in [0.05, 0.1) is 11.7 Å². The third-order valence-electron chi connectivity index (χ3n) is 4.27. The number of alkyl halides is 3. The van der Waals surface area contributed by atoms with Gasteiger partial charge in [0.25, 0.3) is 0 Å². The van der Waals surface area contributed by atoms with Crippen LogP contribution in [0.1, 0.15) is 18.4 Å². The smallest absolute Gasteiger partial charge is 0.369 e. The van der Waals surface area contributed by atoms with Crippen LogP contribution >= 0.6 is 0 Å². The Hall–Kier alpha value is -1.76. The molecule has 2 aliphatic rings. The van der Waals surface area contributed by atoms with Gasteiger partial charge in [-0.05, 0) is 24.6 Å². The summed E-state index contributed by atoms with van der Waals surface area (Å²) in [5, 5.41) is 2.93. The summed E-state index contributed by atoms with van der Waals surface area (Å²) in [4.78, 5) is 15.4. The molecule has 1 aromatic rings. The number of halogens is 3. The second-order valence-electron chi connectivity index (χ2n) is 5.69. The normalized spacial score (nSPS) is 23.7. The Morgan fingerprint density at radius 2 is 1.86 bits per heavy atom. The van der Waals surface area contributed by atoms with Crippen molar-refractivity contribution in [3.8, 4) is 0 Å². The van der Waals surface area contributed by atoms with E-state index in [1.807, 2.05) is 4.90 Å². The van der Waals surface area contributed by atoms with E-state index in [-0.39, 0.29) is 12.1 Å². The molecule has 22 heavy (non-hydrogen) atoms. The van der Waals surface area contributed by atoms with Crippen molar-refractivity contribution < 1.29 is 18.0 Å². The van der Waals surface area contributed by atoms with Crippen LogP contribution in [0.15, 0.2) is 24.3 Å². The molecule has 0 radical (unpaired) electrons. The van der Waals surface area contributed by atoms with Gasteiger partial charge >= 0.3 is 6.18 Å². The molecular weight excluding hydrogens is 295 g/mol. The molecule has 0 saturated carbocycles. The van der Waals surface area contributed by atoms with Crippen molar-refractivity contribution in [2.24, 2.45) is 0 Å². The van der Waals surface area contributed by atoms with Gasteiger partial charge in [-0.25, -0.2) is 0 Å². The molecule has 4 nitrogen and oxygen atoms in total. The van der Waals surface area contributed by atoms with E-state index in [0.717, 1.165) is 25.6 Å². The quantitative estimate of drug-likeness (QED) is 0.908. The molecule has 120 valence electrons. The molecular formula is C15H18F3N3O. The lowest BCUT2D eigenvalue weighted by molar-refractivity contribution is -0.137. The van der Waals surface area contributed by atoms with Crippen LogP contribution in [0.3, 0.4) is 0 Å². The number of hydrogen-bond donors (Lipinski definition) is 1. The van der Waals surface area contributed by atoms with Crippen LogP contribution < -0.4 is 10.2 Å². The topological polar surface area (TPSA) is 35.6 Å². The van der Waals surface area contributed by atoms with Gasteiger partial charge < -0.3 is 10.2 Å². The summed E-state index contributed by atoms with van der Waals surface area (Å²) in [5.41, 5.74) is -0.0135. The van der Waals surface area contributed by atoms with Crippen LogP contribution in [-0.4, -0.2) is 43.2 Å². The lowest BCUT2D eigenvalue weighted by Gasteiger charge is -2.39. The summed E-state index contributed by atoms with van der Waals surface area (Å²) in [5.74, 6) is 0.0744. The Bertz CT molecular complexity index is 553. The third-order valence-corrected chi connectivity index (χ3v) is 4.27. The van der Waals surface area contributed by atoms with Crippen LogP contribution in [0, 0.1) is 0 Å². The van der Waals surface area contributed by atoms with Gasteiger partial charge in [-0.15, -0.1) is 0 Å². The number of carbonyl (C=O) groups excluding carboxylic acids is 1. The molecule has 1 aromatic carbocycles. The first kappa shape index (κ1) is 15.1. The van der Waals surface area contributed by atoms with Crippen LogP contribution in [0.2, 0.25) is 0 Å². The van der Waals surface area contributed by atoms with Crippen LogP contribution in [0.4, 0.5) is 18.9 Å². The number of nitrogens with one attached hydrogen (secondary N) is 1. The largest absolute Gasteiger partial charge is 0.416 e. The maximum Gasteiger partial charge on any atom is 0.416 e. The Balaban J connectivity index is 1.63. The van der Waals surface area contributed by atoms with Crippen molar-refractivity contribution >= 4 is 11.6 Å². The van der Waals surface area contributed by atoms with Gasteiger partial charge in [-0.1, -0.05) is 6.07 Å². The number of nitrogens with zero attached hydrogens (tertiary/aromatic N) is 2. The first-order valence-corrected chi connectivity index (χ1v) is 7.39. The number of carbonyl (C=O) groups is 1. The predicted molar refractivity (Wildman–Crippen MR) is 76.4 cm³/mol. The van der Waals surface area contributed by atoms with E-state index in [4.69, 9.17) is 0 Å². The number of piperazine rings is 1. The number of benzene rings is 1. The minimum absolute atomic E-state index is 0.0744. The molecule has 1 N–H and O–H groups in total. The summed E-state index contributed by atoms with van der Waals surface area (Å²) in [6.07, 6.45) is -2.87. The Labute approximate surface area is 126 Å². The number of hydrogen-bond acceptors (Lipinski definition) is 3. The fourth-order valence-electron chi connectivity index (χ4n) is 3.04. The van der Waals surface area contributed by atoms with Crippen molar-refractivity contribution in [1.29, 1.82) is 0 Å². The predicted octanol–water partition coefficient (Wildman–Crippen LogP) is 2.06. The molecule has 0 aliphatic carbocycles. The van der Waals surface area contributed by atoms with Gasteiger partial charge in [0.2, 0.25) is 5.91 Å². The van der Waals surface area contributed by atoms with Crippen molar-refractivity contribution in [3.05, 3.63) is 29.8 Å². The molecule has 1 atom stereocenters. The van der Waals surface area contributed by atoms with Crippen LogP contribution in [0.5, 0.6) is 0 Å². The van der Waals surface area contributed by atoms with E-state index in [0.29, 0.717) is 25.2 Å². The fraction of sp³-hybridized carbons (Fsp3) is 0.533. The molecule has 2 saturated heterocycles. The monoisotopic (exact) mass is 313 g/mol. The molecule has 2 aliphatic heterocycles. The first-order chi connectivity index (χ1) is 10.4. The highest BCUT2D eigenvalue weighted by Gasteiger charge is 2.32. The SMILES string of the molecule is O=C1CCC(N2CCN(c3cccc(C(F)(F)F)c3)CC2)N1. The van der Waals surface area contributed by atoms with E-state index in [2.05, 4.69) is 10.2 Å². The maximum absolute atomic E-state index is 12.8. The van der Waals surface area contributed by atoms with E-state index in [9.17, 15) is 18.0 Å². The summed E-state index contributed by atoms with van der Waals surface area (Å²) in [6, 6.07) is 5.45. The summed E-state index contributed by atoms with van der Waals surface area (Å²) >= 11 is 0. The zero-order chi connectivity index (χ0) is 15.7. The minimum atomic E-state index is -4.31. The molecule has 7 heteroatoms. The third kappa shape index (κ3) is 3.19. The lowest BCUT2D eigenvalue weighted by atomic mass is 10.1. The summed E-state index contributed by atoms with van der Waals surface area (Å²) in [6.45, 7) is 2.80.